The number of nitrogens with one attached hydrogen (secondary N) is 2. The van der Waals surface area contributed by atoms with Crippen molar-refractivity contribution in [1.29, 1.82) is 0 Å². The van der Waals surface area contributed by atoms with Gasteiger partial charge in [0.05, 0.1) is 22.5 Å². The minimum atomic E-state index is -0.788. The Morgan fingerprint density at radius 1 is 1.16 bits per heavy atom. The first-order valence-corrected chi connectivity index (χ1v) is 9.79. The molecule has 2 heterocycles. The monoisotopic (exact) mass is 425 g/mol. The second-order valence-corrected chi connectivity index (χ2v) is 6.83. The van der Waals surface area contributed by atoms with Crippen molar-refractivity contribution in [3.05, 3.63) is 64.1 Å². The Morgan fingerprint density at radius 3 is 2.45 bits per heavy atom. The standard InChI is InChI=1S/C20H23N7O4/c1-4-16(26-13(3)11-17(23-26)27(30)31)19(28)22-15-12-25(5-2)24-18(15)20(29)21-14-9-7-6-8-10-14/h6-12,16H,4-5H2,1-3H3,(H,21,29)(H,22,28). The number of amides is 2. The van der Waals surface area contributed by atoms with Crippen LogP contribution in [0.15, 0.2) is 42.6 Å². The van der Waals surface area contributed by atoms with E-state index >= 15 is 0 Å². The van der Waals surface area contributed by atoms with E-state index in [1.807, 2.05) is 13.0 Å². The fourth-order valence-corrected chi connectivity index (χ4v) is 3.12. The van der Waals surface area contributed by atoms with E-state index in [2.05, 4.69) is 20.8 Å². The molecule has 3 aromatic rings. The third kappa shape index (κ3) is 4.77. The molecule has 2 N–H and O–H groups in total. The number of benzene rings is 1. The van der Waals surface area contributed by atoms with Gasteiger partial charge in [0, 0.05) is 18.4 Å². The van der Waals surface area contributed by atoms with Crippen LogP contribution in [0.3, 0.4) is 0 Å². The number of aromatic nitrogens is 4. The molecule has 0 radical (unpaired) electrons. The van der Waals surface area contributed by atoms with E-state index in [1.54, 1.807) is 49.0 Å². The number of para-hydroxylation sites is 1. The van der Waals surface area contributed by atoms with Gasteiger partial charge in [-0.15, -0.1) is 0 Å². The number of nitro groups is 1. The van der Waals surface area contributed by atoms with Gasteiger partial charge < -0.3 is 20.7 Å². The zero-order valence-electron chi connectivity index (χ0n) is 17.4. The molecule has 11 heteroatoms. The van der Waals surface area contributed by atoms with Crippen LogP contribution in [0, 0.1) is 17.0 Å². The van der Waals surface area contributed by atoms with Crippen molar-refractivity contribution in [2.24, 2.45) is 0 Å². The minimum Gasteiger partial charge on any atom is -0.358 e. The van der Waals surface area contributed by atoms with Crippen molar-refractivity contribution in [3.8, 4) is 0 Å². The lowest BCUT2D eigenvalue weighted by molar-refractivity contribution is -0.389. The quantitative estimate of drug-likeness (QED) is 0.420. The molecule has 1 aromatic carbocycles. The molecule has 1 atom stereocenters. The molecule has 11 nitrogen and oxygen atoms in total. The van der Waals surface area contributed by atoms with Gasteiger partial charge in [-0.25, -0.2) is 0 Å². The number of hydrogen-bond acceptors (Lipinski definition) is 6. The number of anilines is 2. The van der Waals surface area contributed by atoms with E-state index in [9.17, 15) is 19.7 Å². The summed E-state index contributed by atoms with van der Waals surface area (Å²) in [6.45, 7) is 5.78. The van der Waals surface area contributed by atoms with Crippen LogP contribution in [0.1, 0.15) is 42.5 Å². The van der Waals surface area contributed by atoms with Gasteiger partial charge in [0.1, 0.15) is 0 Å². The summed E-state index contributed by atoms with van der Waals surface area (Å²) >= 11 is 0. The minimum absolute atomic E-state index is 0.0667. The highest BCUT2D eigenvalue weighted by Crippen LogP contribution is 2.22. The molecule has 3 rings (SSSR count). The fraction of sp³-hybridized carbons (Fsp3) is 0.300. The first kappa shape index (κ1) is 21.7. The van der Waals surface area contributed by atoms with Gasteiger partial charge >= 0.3 is 5.82 Å². The van der Waals surface area contributed by atoms with Crippen LogP contribution in [-0.4, -0.2) is 36.3 Å². The molecule has 0 saturated carbocycles. The fourth-order valence-electron chi connectivity index (χ4n) is 3.12. The molecule has 2 aromatic heterocycles. The predicted molar refractivity (Wildman–Crippen MR) is 114 cm³/mol. The number of hydrogen-bond donors (Lipinski definition) is 2. The maximum Gasteiger partial charge on any atom is 0.390 e. The number of rotatable bonds is 8. The third-order valence-electron chi connectivity index (χ3n) is 4.67. The Kier molecular flexibility index (Phi) is 6.43. The van der Waals surface area contributed by atoms with E-state index < -0.39 is 22.8 Å². The molecule has 0 fully saturated rings. The molecule has 2 amide bonds. The van der Waals surface area contributed by atoms with Crippen LogP contribution in [0.5, 0.6) is 0 Å². The lowest BCUT2D eigenvalue weighted by Gasteiger charge is -2.14. The Bertz CT molecular complexity index is 1100. The maximum absolute atomic E-state index is 13.0. The van der Waals surface area contributed by atoms with Crippen LogP contribution >= 0.6 is 0 Å². The van der Waals surface area contributed by atoms with Crippen molar-refractivity contribution in [2.45, 2.75) is 39.8 Å². The highest BCUT2D eigenvalue weighted by atomic mass is 16.6. The van der Waals surface area contributed by atoms with Crippen LogP contribution in [0.2, 0.25) is 0 Å². The van der Waals surface area contributed by atoms with E-state index in [-0.39, 0.29) is 17.2 Å². The highest BCUT2D eigenvalue weighted by Gasteiger charge is 2.29. The van der Waals surface area contributed by atoms with Gasteiger partial charge in [-0.05, 0) is 37.3 Å². The summed E-state index contributed by atoms with van der Waals surface area (Å²) in [5.74, 6) is -1.24. The molecular weight excluding hydrogens is 402 g/mol. The first-order chi connectivity index (χ1) is 14.8. The van der Waals surface area contributed by atoms with E-state index in [0.717, 1.165) is 0 Å². The second-order valence-electron chi connectivity index (χ2n) is 6.83. The zero-order chi connectivity index (χ0) is 22.5. The number of aryl methyl sites for hydroxylation is 2. The van der Waals surface area contributed by atoms with Crippen LogP contribution < -0.4 is 10.6 Å². The molecular formula is C20H23N7O4. The summed E-state index contributed by atoms with van der Waals surface area (Å²) in [5, 5.41) is 24.7. The molecule has 0 aliphatic heterocycles. The summed E-state index contributed by atoms with van der Waals surface area (Å²) < 4.78 is 2.86. The first-order valence-electron chi connectivity index (χ1n) is 9.79. The van der Waals surface area contributed by atoms with Gasteiger partial charge in [-0.3, -0.25) is 14.3 Å². The predicted octanol–water partition coefficient (Wildman–Crippen LogP) is 3.16. The molecule has 0 spiro atoms. The van der Waals surface area contributed by atoms with Crippen molar-refractivity contribution in [1.82, 2.24) is 19.6 Å². The van der Waals surface area contributed by atoms with Crippen LogP contribution in [0.4, 0.5) is 17.2 Å². The Hall–Kier alpha value is -4.02. The smallest absolute Gasteiger partial charge is 0.358 e. The normalized spacial score (nSPS) is 11.7. The Balaban J connectivity index is 1.85. The molecule has 1 unspecified atom stereocenters. The summed E-state index contributed by atoms with van der Waals surface area (Å²) in [6.07, 6.45) is 1.92. The number of nitrogens with zero attached hydrogens (tertiary/aromatic N) is 5. The molecule has 0 bridgehead atoms. The molecule has 162 valence electrons. The van der Waals surface area contributed by atoms with Crippen molar-refractivity contribution in [2.75, 3.05) is 10.6 Å². The second kappa shape index (κ2) is 9.20. The largest absolute Gasteiger partial charge is 0.390 e. The Labute approximate surface area is 178 Å². The van der Waals surface area contributed by atoms with E-state index in [0.29, 0.717) is 24.3 Å². The third-order valence-corrected chi connectivity index (χ3v) is 4.67. The molecule has 0 aliphatic rings. The van der Waals surface area contributed by atoms with E-state index in [4.69, 9.17) is 0 Å². The van der Waals surface area contributed by atoms with Gasteiger partial charge in [0.2, 0.25) is 0 Å². The highest BCUT2D eigenvalue weighted by molar-refractivity contribution is 6.09. The van der Waals surface area contributed by atoms with E-state index in [1.165, 1.54) is 10.7 Å². The van der Waals surface area contributed by atoms with Gasteiger partial charge in [-0.1, -0.05) is 25.1 Å². The average molecular weight is 425 g/mol. The van der Waals surface area contributed by atoms with Crippen molar-refractivity contribution in [3.63, 3.8) is 0 Å². The zero-order valence-corrected chi connectivity index (χ0v) is 17.4. The Morgan fingerprint density at radius 2 is 1.87 bits per heavy atom. The molecule has 0 saturated heterocycles. The number of carbonyl (C=O) groups is 2. The van der Waals surface area contributed by atoms with Crippen LogP contribution in [0.25, 0.3) is 0 Å². The van der Waals surface area contributed by atoms with Gasteiger partial charge in [0.15, 0.2) is 11.7 Å². The maximum atomic E-state index is 13.0. The average Bonchev–Trinajstić information content (AvgIpc) is 3.33. The lowest BCUT2D eigenvalue weighted by Crippen LogP contribution is -2.28. The summed E-state index contributed by atoms with van der Waals surface area (Å²) in [5.41, 5.74) is 1.40. The summed E-state index contributed by atoms with van der Waals surface area (Å²) in [4.78, 5) is 36.2. The molecule has 31 heavy (non-hydrogen) atoms. The lowest BCUT2D eigenvalue weighted by atomic mass is 10.2. The van der Waals surface area contributed by atoms with Crippen LogP contribution in [-0.2, 0) is 11.3 Å². The van der Waals surface area contributed by atoms with Crippen molar-refractivity contribution >= 4 is 29.0 Å². The molecule has 0 aliphatic carbocycles. The SMILES string of the molecule is CCC(C(=O)Nc1cn(CC)nc1C(=O)Nc1ccccc1)n1nc([N+](=O)[O-])cc1C. The summed E-state index contributed by atoms with van der Waals surface area (Å²) in [7, 11) is 0. The topological polar surface area (TPSA) is 137 Å². The van der Waals surface area contributed by atoms with Crippen molar-refractivity contribution < 1.29 is 14.5 Å². The van der Waals surface area contributed by atoms with Gasteiger partial charge in [-0.2, -0.15) is 9.78 Å². The number of carbonyl (C=O) groups excluding carboxylic acids is 2. The van der Waals surface area contributed by atoms with Gasteiger partial charge in [0.25, 0.3) is 11.8 Å². The summed E-state index contributed by atoms with van der Waals surface area (Å²) in [6, 6.07) is 9.43.